The van der Waals surface area contributed by atoms with Crippen molar-refractivity contribution in [1.29, 1.82) is 0 Å². The monoisotopic (exact) mass is 416 g/mol. The largest absolute Gasteiger partial charge is 0.455 e. The number of hydrogen-bond donors (Lipinski definition) is 1. The maximum Gasteiger partial charge on any atom is 0.320 e. The third-order valence-corrected chi connectivity index (χ3v) is 7.27. The van der Waals surface area contributed by atoms with Gasteiger partial charge in [0.05, 0.1) is 18.4 Å². The molecule has 0 radical (unpaired) electrons. The maximum absolute atomic E-state index is 12.6. The Labute approximate surface area is 177 Å². The van der Waals surface area contributed by atoms with Gasteiger partial charge in [-0.25, -0.2) is 0 Å². The maximum atomic E-state index is 12.6. The lowest BCUT2D eigenvalue weighted by molar-refractivity contribution is -0.200. The molecule has 0 aromatic carbocycles. The molecule has 0 aromatic rings. The number of ether oxygens (including phenoxy) is 3. The smallest absolute Gasteiger partial charge is 0.320 e. The van der Waals surface area contributed by atoms with Crippen molar-refractivity contribution in [3.05, 3.63) is 34.1 Å². The van der Waals surface area contributed by atoms with Crippen LogP contribution in [0.1, 0.15) is 67.2 Å². The zero-order valence-corrected chi connectivity index (χ0v) is 18.7. The fourth-order valence-electron chi connectivity index (χ4n) is 5.53. The summed E-state index contributed by atoms with van der Waals surface area (Å²) in [5.41, 5.74) is 3.49. The van der Waals surface area contributed by atoms with E-state index in [1.807, 2.05) is 20.8 Å². The molecule has 0 spiro atoms. The minimum absolute atomic E-state index is 0.186. The topological polar surface area (TPSA) is 82.1 Å². The van der Waals surface area contributed by atoms with Gasteiger partial charge < -0.3 is 19.3 Å². The zero-order valence-electron chi connectivity index (χ0n) is 18.7. The Hall–Kier alpha value is -1.92. The fraction of sp³-hybridized carbons (Fsp3) is 0.667. The molecule has 2 saturated heterocycles. The van der Waals surface area contributed by atoms with Crippen LogP contribution in [0.15, 0.2) is 34.1 Å². The molecule has 0 unspecified atom stereocenters. The lowest BCUT2D eigenvalue weighted by atomic mass is 9.78. The highest BCUT2D eigenvalue weighted by Crippen LogP contribution is 2.52. The van der Waals surface area contributed by atoms with E-state index in [0.717, 1.165) is 22.3 Å². The molecular formula is C24H32O6. The van der Waals surface area contributed by atoms with Gasteiger partial charge in [0, 0.05) is 0 Å². The van der Waals surface area contributed by atoms with Crippen LogP contribution in [0.4, 0.5) is 0 Å². The third-order valence-electron chi connectivity index (χ3n) is 7.27. The summed E-state index contributed by atoms with van der Waals surface area (Å²) < 4.78 is 17.6. The molecule has 0 aromatic heterocycles. The van der Waals surface area contributed by atoms with Gasteiger partial charge in [-0.05, 0) is 69.6 Å². The highest BCUT2D eigenvalue weighted by Gasteiger charge is 2.62. The number of fused-ring (bicyclic) bond motifs is 1. The molecule has 30 heavy (non-hydrogen) atoms. The van der Waals surface area contributed by atoms with Crippen LogP contribution in [0.25, 0.3) is 0 Å². The van der Waals surface area contributed by atoms with Crippen molar-refractivity contribution >= 4 is 11.9 Å². The van der Waals surface area contributed by atoms with Gasteiger partial charge >= 0.3 is 11.9 Å². The summed E-state index contributed by atoms with van der Waals surface area (Å²) in [6, 6.07) is 0. The summed E-state index contributed by atoms with van der Waals surface area (Å²) >= 11 is 0. The first-order valence-corrected chi connectivity index (χ1v) is 10.9. The van der Waals surface area contributed by atoms with Gasteiger partial charge in [0.2, 0.25) is 0 Å². The highest BCUT2D eigenvalue weighted by molar-refractivity contribution is 5.80. The first-order chi connectivity index (χ1) is 13.9. The number of allylic oxidation sites excluding steroid dienone is 2. The quantitative estimate of drug-likeness (QED) is 0.515. The first kappa shape index (κ1) is 21.3. The standard InChI is InChI=1S/C24H32O6/c1-12(2)15-11-17(25)29-23(5)10-9-14(4)20-18-19(22(26)28-20)24(6,27)30-21(18)13(3)7-8-16(15)23/h7,12,18-19,21,27H,8-11H2,1-6H3/b13-7-,20-14+/t18-,19+,21-,23-,24+/m1/s1. The minimum Gasteiger partial charge on any atom is -0.455 e. The molecule has 164 valence electrons. The molecule has 3 heterocycles. The van der Waals surface area contributed by atoms with Crippen LogP contribution in [0.5, 0.6) is 0 Å². The van der Waals surface area contributed by atoms with Crippen molar-refractivity contribution in [1.82, 2.24) is 0 Å². The molecule has 6 heteroatoms. The Morgan fingerprint density at radius 1 is 1.20 bits per heavy atom. The van der Waals surface area contributed by atoms with Crippen molar-refractivity contribution in [2.45, 2.75) is 84.7 Å². The van der Waals surface area contributed by atoms with E-state index in [-0.39, 0.29) is 17.8 Å². The van der Waals surface area contributed by atoms with Crippen molar-refractivity contribution in [2.24, 2.45) is 17.8 Å². The van der Waals surface area contributed by atoms with Crippen LogP contribution < -0.4 is 0 Å². The predicted molar refractivity (Wildman–Crippen MR) is 110 cm³/mol. The summed E-state index contributed by atoms with van der Waals surface area (Å²) in [5.74, 6) is -2.42. The Kier molecular flexibility index (Phi) is 5.02. The van der Waals surface area contributed by atoms with Crippen LogP contribution in [0.2, 0.25) is 0 Å². The van der Waals surface area contributed by atoms with Gasteiger partial charge in [0.1, 0.15) is 17.3 Å². The summed E-state index contributed by atoms with van der Waals surface area (Å²) in [7, 11) is 0. The number of aliphatic hydroxyl groups is 1. The van der Waals surface area contributed by atoms with E-state index in [9.17, 15) is 14.7 Å². The molecule has 0 saturated carbocycles. The summed E-state index contributed by atoms with van der Waals surface area (Å²) in [5, 5.41) is 10.8. The average Bonchev–Trinajstić information content (AvgIpc) is 3.13. The van der Waals surface area contributed by atoms with Crippen molar-refractivity contribution < 1.29 is 28.9 Å². The molecule has 5 atom stereocenters. The molecule has 0 amide bonds. The number of hydrogen-bond acceptors (Lipinski definition) is 6. The lowest BCUT2D eigenvalue weighted by Crippen LogP contribution is -2.39. The molecule has 4 rings (SSSR count). The van der Waals surface area contributed by atoms with E-state index in [0.29, 0.717) is 31.4 Å². The lowest BCUT2D eigenvalue weighted by Gasteiger charge is -2.39. The number of rotatable bonds is 1. The van der Waals surface area contributed by atoms with E-state index in [1.165, 1.54) is 0 Å². The molecule has 6 nitrogen and oxygen atoms in total. The van der Waals surface area contributed by atoms with Crippen LogP contribution in [-0.4, -0.2) is 34.5 Å². The molecule has 3 aliphatic heterocycles. The van der Waals surface area contributed by atoms with Crippen LogP contribution >= 0.6 is 0 Å². The van der Waals surface area contributed by atoms with E-state index >= 15 is 0 Å². The van der Waals surface area contributed by atoms with Gasteiger partial charge in [-0.3, -0.25) is 9.59 Å². The Morgan fingerprint density at radius 3 is 2.57 bits per heavy atom. The SMILES string of the molecule is C/C1=C/CC2=C(C(C)C)CC(=O)O[C@]2(C)CC/C(C)=C2/OC(=O)[C@@H]3[C@H]2[C@@H]1O[C@]3(C)O. The Bertz CT molecular complexity index is 889. The van der Waals surface area contributed by atoms with Gasteiger partial charge in [0.15, 0.2) is 5.79 Å². The second kappa shape index (κ2) is 7.06. The third kappa shape index (κ3) is 3.25. The molecule has 1 N–H and O–H groups in total. The molecule has 2 fully saturated rings. The van der Waals surface area contributed by atoms with E-state index in [4.69, 9.17) is 14.2 Å². The van der Waals surface area contributed by atoms with Gasteiger partial charge in [-0.1, -0.05) is 25.5 Å². The second-order valence-electron chi connectivity index (χ2n) is 9.85. The Balaban J connectivity index is 1.85. The van der Waals surface area contributed by atoms with Gasteiger partial charge in [-0.2, -0.15) is 0 Å². The average molecular weight is 417 g/mol. The summed E-state index contributed by atoms with van der Waals surface area (Å²) in [4.78, 5) is 25.0. The van der Waals surface area contributed by atoms with Crippen molar-refractivity contribution in [3.8, 4) is 0 Å². The van der Waals surface area contributed by atoms with Crippen LogP contribution in [0, 0.1) is 17.8 Å². The van der Waals surface area contributed by atoms with Crippen LogP contribution in [-0.2, 0) is 23.8 Å². The van der Waals surface area contributed by atoms with Crippen LogP contribution in [0.3, 0.4) is 0 Å². The molecular weight excluding hydrogens is 384 g/mol. The van der Waals surface area contributed by atoms with E-state index in [2.05, 4.69) is 19.9 Å². The number of esters is 2. The van der Waals surface area contributed by atoms with Gasteiger partial charge in [0.25, 0.3) is 0 Å². The molecule has 4 aliphatic rings. The van der Waals surface area contributed by atoms with Crippen molar-refractivity contribution in [2.75, 3.05) is 0 Å². The summed E-state index contributed by atoms with van der Waals surface area (Å²) in [6.07, 6.45) is 3.87. The molecule has 0 bridgehead atoms. The molecule has 1 aliphatic carbocycles. The minimum atomic E-state index is -1.56. The predicted octanol–water partition coefficient (Wildman–Crippen LogP) is 3.95. The van der Waals surface area contributed by atoms with Gasteiger partial charge in [-0.15, -0.1) is 0 Å². The van der Waals surface area contributed by atoms with Crippen molar-refractivity contribution in [3.63, 3.8) is 0 Å². The normalized spacial score (nSPS) is 43.5. The highest BCUT2D eigenvalue weighted by atomic mass is 16.6. The Morgan fingerprint density at radius 2 is 1.90 bits per heavy atom. The second-order valence-corrected chi connectivity index (χ2v) is 9.85. The fourth-order valence-corrected chi connectivity index (χ4v) is 5.53. The first-order valence-electron chi connectivity index (χ1n) is 10.9. The summed E-state index contributed by atoms with van der Waals surface area (Å²) in [6.45, 7) is 11.7. The number of carbonyl (C=O) groups is 2. The zero-order chi connectivity index (χ0) is 22.0. The van der Waals surface area contributed by atoms with E-state index in [1.54, 1.807) is 6.92 Å². The number of carbonyl (C=O) groups excluding carboxylic acids is 2. The van der Waals surface area contributed by atoms with E-state index < -0.39 is 29.4 Å².